The molecule has 2 unspecified atom stereocenters. The second-order valence-corrected chi connectivity index (χ2v) is 6.44. The van der Waals surface area contributed by atoms with Crippen molar-refractivity contribution in [1.82, 2.24) is 15.1 Å². The highest BCUT2D eigenvalue weighted by atomic mass is 15.2. The van der Waals surface area contributed by atoms with Crippen LogP contribution in [0.5, 0.6) is 0 Å². The lowest BCUT2D eigenvalue weighted by Gasteiger charge is -2.37. The van der Waals surface area contributed by atoms with Gasteiger partial charge in [-0.2, -0.15) is 0 Å². The molecular weight excluding hydrogens is 234 g/mol. The minimum Gasteiger partial charge on any atom is -0.315 e. The largest absolute Gasteiger partial charge is 0.315 e. The van der Waals surface area contributed by atoms with Gasteiger partial charge in [-0.15, -0.1) is 0 Å². The van der Waals surface area contributed by atoms with E-state index in [-0.39, 0.29) is 0 Å². The zero-order valence-corrected chi connectivity index (χ0v) is 14.4. The van der Waals surface area contributed by atoms with Crippen LogP contribution in [0.1, 0.15) is 47.5 Å². The third-order valence-electron chi connectivity index (χ3n) is 3.58. The summed E-state index contributed by atoms with van der Waals surface area (Å²) in [5.74, 6) is 0.733. The Labute approximate surface area is 121 Å². The Kier molecular flexibility index (Phi) is 10.6. The molecule has 0 rings (SSSR count). The molecule has 2 atom stereocenters. The molecule has 0 aromatic heterocycles. The van der Waals surface area contributed by atoms with Gasteiger partial charge in [0, 0.05) is 25.2 Å². The minimum absolute atomic E-state index is 0.623. The fourth-order valence-corrected chi connectivity index (χ4v) is 2.82. The lowest BCUT2D eigenvalue weighted by molar-refractivity contribution is 0.118. The molecular formula is C16H37N3. The summed E-state index contributed by atoms with van der Waals surface area (Å²) >= 11 is 0. The van der Waals surface area contributed by atoms with Crippen molar-refractivity contribution >= 4 is 0 Å². The molecule has 0 amide bonds. The fraction of sp³-hybridized carbons (Fsp3) is 1.00. The summed E-state index contributed by atoms with van der Waals surface area (Å²) in [5.41, 5.74) is 0. The molecule has 0 aliphatic heterocycles. The second-order valence-electron chi connectivity index (χ2n) is 6.44. The topological polar surface area (TPSA) is 18.5 Å². The summed E-state index contributed by atoms with van der Waals surface area (Å²) in [5, 5.41) is 3.64. The number of likely N-dealkylation sites (N-methyl/N-ethyl adjacent to an activating group) is 2. The van der Waals surface area contributed by atoms with Crippen molar-refractivity contribution in [1.29, 1.82) is 0 Å². The molecule has 3 nitrogen and oxygen atoms in total. The maximum absolute atomic E-state index is 3.64. The van der Waals surface area contributed by atoms with E-state index in [0.29, 0.717) is 12.1 Å². The van der Waals surface area contributed by atoms with Crippen LogP contribution in [0.15, 0.2) is 0 Å². The van der Waals surface area contributed by atoms with Gasteiger partial charge in [0.2, 0.25) is 0 Å². The normalized spacial score (nSPS) is 15.5. The van der Waals surface area contributed by atoms with E-state index in [1.165, 1.54) is 12.8 Å². The highest BCUT2D eigenvalue weighted by Crippen LogP contribution is 2.11. The number of nitrogens with one attached hydrogen (secondary N) is 1. The summed E-state index contributed by atoms with van der Waals surface area (Å²) in [4.78, 5) is 4.95. The van der Waals surface area contributed by atoms with Crippen LogP contribution in [-0.2, 0) is 0 Å². The molecule has 0 spiro atoms. The van der Waals surface area contributed by atoms with E-state index in [1.54, 1.807) is 0 Å². The van der Waals surface area contributed by atoms with Gasteiger partial charge in [-0.05, 0) is 46.4 Å². The van der Waals surface area contributed by atoms with Crippen molar-refractivity contribution in [2.45, 2.75) is 59.5 Å². The van der Waals surface area contributed by atoms with Gasteiger partial charge in [-0.1, -0.05) is 34.1 Å². The molecule has 0 saturated carbocycles. The van der Waals surface area contributed by atoms with Crippen LogP contribution < -0.4 is 5.32 Å². The van der Waals surface area contributed by atoms with Crippen molar-refractivity contribution in [2.24, 2.45) is 5.92 Å². The van der Waals surface area contributed by atoms with Crippen LogP contribution in [0.4, 0.5) is 0 Å². The van der Waals surface area contributed by atoms with Crippen LogP contribution in [0.25, 0.3) is 0 Å². The molecule has 0 aromatic rings. The van der Waals surface area contributed by atoms with Gasteiger partial charge in [-0.3, -0.25) is 4.90 Å². The zero-order chi connectivity index (χ0) is 14.8. The summed E-state index contributed by atoms with van der Waals surface area (Å²) in [7, 11) is 4.33. The van der Waals surface area contributed by atoms with E-state index in [1.807, 2.05) is 0 Å². The van der Waals surface area contributed by atoms with Gasteiger partial charge in [0.1, 0.15) is 0 Å². The molecule has 1 N–H and O–H groups in total. The Hall–Kier alpha value is -0.120. The maximum Gasteiger partial charge on any atom is 0.0223 e. The molecule has 0 fully saturated rings. The van der Waals surface area contributed by atoms with E-state index in [9.17, 15) is 0 Å². The van der Waals surface area contributed by atoms with Gasteiger partial charge in [-0.25, -0.2) is 0 Å². The average Bonchev–Trinajstić information content (AvgIpc) is 2.28. The Morgan fingerprint density at radius 1 is 1.00 bits per heavy atom. The van der Waals surface area contributed by atoms with Crippen LogP contribution in [-0.4, -0.2) is 62.2 Å². The first-order valence-corrected chi connectivity index (χ1v) is 8.03. The molecule has 116 valence electrons. The lowest BCUT2D eigenvalue weighted by Crippen LogP contribution is -2.50. The third kappa shape index (κ3) is 8.61. The van der Waals surface area contributed by atoms with Gasteiger partial charge < -0.3 is 10.2 Å². The smallest absolute Gasteiger partial charge is 0.0223 e. The second kappa shape index (κ2) is 10.6. The lowest BCUT2D eigenvalue weighted by atomic mass is 10.1. The Bertz CT molecular complexity index is 204. The maximum atomic E-state index is 3.64. The van der Waals surface area contributed by atoms with E-state index in [2.05, 4.69) is 63.8 Å². The van der Waals surface area contributed by atoms with Crippen molar-refractivity contribution < 1.29 is 0 Å². The highest BCUT2D eigenvalue weighted by molar-refractivity contribution is 4.79. The Morgan fingerprint density at radius 3 is 2.05 bits per heavy atom. The molecule has 0 aromatic carbocycles. The molecule has 3 heteroatoms. The van der Waals surface area contributed by atoms with Gasteiger partial charge >= 0.3 is 0 Å². The number of rotatable bonds is 11. The predicted molar refractivity (Wildman–Crippen MR) is 86.8 cm³/mol. The minimum atomic E-state index is 0.623. The first-order chi connectivity index (χ1) is 8.92. The molecule has 0 saturated heterocycles. The van der Waals surface area contributed by atoms with Gasteiger partial charge in [0.15, 0.2) is 0 Å². The third-order valence-corrected chi connectivity index (χ3v) is 3.58. The quantitative estimate of drug-likeness (QED) is 0.623. The molecule has 19 heavy (non-hydrogen) atoms. The first-order valence-electron chi connectivity index (χ1n) is 8.03. The molecule has 0 bridgehead atoms. The standard InChI is InChI=1S/C16H37N3/c1-8-10-16(12-17-11-14(3)4)19(9-2)15(5)13-18(6)7/h14-17H,8-13H2,1-7H3. The summed E-state index contributed by atoms with van der Waals surface area (Å²) in [6.45, 7) is 16.0. The van der Waals surface area contributed by atoms with E-state index in [0.717, 1.165) is 32.1 Å². The van der Waals surface area contributed by atoms with Gasteiger partial charge in [0.25, 0.3) is 0 Å². The zero-order valence-electron chi connectivity index (χ0n) is 14.4. The number of hydrogen-bond donors (Lipinski definition) is 1. The number of hydrogen-bond acceptors (Lipinski definition) is 3. The van der Waals surface area contributed by atoms with Crippen LogP contribution in [0.2, 0.25) is 0 Å². The van der Waals surface area contributed by atoms with Crippen molar-refractivity contribution in [3.05, 3.63) is 0 Å². The first kappa shape index (κ1) is 18.9. The monoisotopic (exact) mass is 271 g/mol. The van der Waals surface area contributed by atoms with E-state index >= 15 is 0 Å². The summed E-state index contributed by atoms with van der Waals surface area (Å²) < 4.78 is 0. The predicted octanol–water partition coefficient (Wildman–Crippen LogP) is 2.67. The Morgan fingerprint density at radius 2 is 1.63 bits per heavy atom. The van der Waals surface area contributed by atoms with Crippen LogP contribution in [0.3, 0.4) is 0 Å². The summed E-state index contributed by atoms with van der Waals surface area (Å²) in [6, 6.07) is 1.29. The van der Waals surface area contributed by atoms with E-state index < -0.39 is 0 Å². The number of nitrogens with zero attached hydrogens (tertiary/aromatic N) is 2. The van der Waals surface area contributed by atoms with E-state index in [4.69, 9.17) is 0 Å². The van der Waals surface area contributed by atoms with Crippen LogP contribution >= 0.6 is 0 Å². The van der Waals surface area contributed by atoms with Crippen LogP contribution in [0, 0.1) is 5.92 Å². The summed E-state index contributed by atoms with van der Waals surface area (Å²) in [6.07, 6.45) is 2.55. The highest BCUT2D eigenvalue weighted by Gasteiger charge is 2.21. The molecule has 0 aliphatic rings. The Balaban J connectivity index is 4.42. The molecule has 0 aliphatic carbocycles. The molecule has 0 heterocycles. The van der Waals surface area contributed by atoms with Crippen molar-refractivity contribution in [2.75, 3.05) is 40.3 Å². The van der Waals surface area contributed by atoms with Crippen molar-refractivity contribution in [3.63, 3.8) is 0 Å². The van der Waals surface area contributed by atoms with Gasteiger partial charge in [0.05, 0.1) is 0 Å². The average molecular weight is 271 g/mol. The van der Waals surface area contributed by atoms with Crippen molar-refractivity contribution in [3.8, 4) is 0 Å². The SMILES string of the molecule is CCCC(CNCC(C)C)N(CC)C(C)CN(C)C. The fourth-order valence-electron chi connectivity index (χ4n) is 2.82. The molecule has 0 radical (unpaired) electrons.